The Hall–Kier alpha value is -5.60. The highest BCUT2D eigenvalue weighted by Crippen LogP contribution is 2.36. The van der Waals surface area contributed by atoms with Crippen molar-refractivity contribution in [3.8, 4) is 11.8 Å². The van der Waals surface area contributed by atoms with E-state index in [1.165, 1.54) is 16.7 Å². The molecule has 2 aliphatic heterocycles. The maximum Gasteiger partial charge on any atom is 0.246 e. The second-order valence-corrected chi connectivity index (χ2v) is 18.6. The van der Waals surface area contributed by atoms with Crippen LogP contribution in [0.5, 0.6) is 0 Å². The van der Waals surface area contributed by atoms with Crippen molar-refractivity contribution in [1.82, 2.24) is 25.8 Å². The average molecular weight is 868 g/mol. The zero-order valence-electron chi connectivity index (χ0n) is 38.0. The van der Waals surface area contributed by atoms with E-state index in [4.69, 9.17) is 0 Å². The van der Waals surface area contributed by atoms with E-state index in [1.54, 1.807) is 29.8 Å². The maximum absolute atomic E-state index is 14.6. The summed E-state index contributed by atoms with van der Waals surface area (Å²) in [5.74, 6) is 4.24. The van der Waals surface area contributed by atoms with Gasteiger partial charge in [0.2, 0.25) is 23.6 Å². The normalized spacial score (nSPS) is 21.7. The molecule has 7 rings (SSSR count). The van der Waals surface area contributed by atoms with Crippen LogP contribution in [0.1, 0.15) is 143 Å². The Morgan fingerprint density at radius 3 is 2.11 bits per heavy atom. The average Bonchev–Trinajstić information content (AvgIpc) is 4.02. The van der Waals surface area contributed by atoms with E-state index in [2.05, 4.69) is 52.1 Å². The van der Waals surface area contributed by atoms with Crippen molar-refractivity contribution in [2.45, 2.75) is 146 Å². The molecule has 64 heavy (non-hydrogen) atoms. The molecule has 11 heteroatoms. The summed E-state index contributed by atoms with van der Waals surface area (Å²) in [6, 6.07) is 21.0. The molecule has 2 saturated heterocycles. The Balaban J connectivity index is 1.07. The molecule has 2 fully saturated rings. The third-order valence-electron chi connectivity index (χ3n) is 14.0. The lowest BCUT2D eigenvalue weighted by atomic mass is 9.79. The summed E-state index contributed by atoms with van der Waals surface area (Å²) in [5, 5.41) is 9.11. The SMILES string of the molecule is CN[C@@H](C)C(=O)N[C@@H](CC#Cc1cccc([C@H](CC(=O)C(C)C)C(=O)N2CCCC2C(=O)N[C@@H]2CCCc3ccccc32)c1)C(=O)N1CCC[C@H]1C(=O)C[C@@H]1CCCc2ccccc21. The molecule has 3 aromatic rings. The molecule has 4 amide bonds. The summed E-state index contributed by atoms with van der Waals surface area (Å²) in [4.78, 5) is 86.7. The molecule has 0 saturated carbocycles. The first-order valence-corrected chi connectivity index (χ1v) is 23.6. The zero-order chi connectivity index (χ0) is 45.3. The molecule has 3 aromatic carbocycles. The summed E-state index contributed by atoms with van der Waals surface area (Å²) >= 11 is 0. The van der Waals surface area contributed by atoms with Gasteiger partial charge in [0.1, 0.15) is 17.9 Å². The molecule has 7 atom stereocenters. The van der Waals surface area contributed by atoms with E-state index >= 15 is 0 Å². The predicted octanol–water partition coefficient (Wildman–Crippen LogP) is 6.47. The molecule has 0 aromatic heterocycles. The van der Waals surface area contributed by atoms with Gasteiger partial charge in [-0.25, -0.2) is 0 Å². The van der Waals surface area contributed by atoms with Crippen LogP contribution >= 0.6 is 0 Å². The predicted molar refractivity (Wildman–Crippen MR) is 247 cm³/mol. The van der Waals surface area contributed by atoms with Crippen LogP contribution in [0, 0.1) is 17.8 Å². The van der Waals surface area contributed by atoms with Gasteiger partial charge in [-0.3, -0.25) is 28.8 Å². The van der Waals surface area contributed by atoms with Crippen LogP contribution in [-0.4, -0.2) is 89.3 Å². The number of likely N-dealkylation sites (tertiary alicyclic amines) is 2. The standard InChI is InChI=1S/C53H65N5O6/c1-34(2)48(59)33-43(52(63)58-30-14-28-47(58)51(62)55-44-25-12-20-38-18-6-8-24-42(38)44)39-21-9-15-36(31-39)16-10-26-45(56-50(61)35(3)54-4)53(64)57-29-13-27-46(57)49(60)32-40-22-11-19-37-17-5-7-23-41(37)40/h5-9,15,17-18,21,23-24,31,34-35,40,43-47,54H,11-14,19-20,22,25-30,32-33H2,1-4H3,(H,55,62)(H,56,61)/t35-,40-,43-,44+,45-,46-,47?/m0/s1. The molecule has 0 radical (unpaired) electrons. The zero-order valence-corrected chi connectivity index (χ0v) is 38.0. The molecule has 11 nitrogen and oxygen atoms in total. The van der Waals surface area contributed by atoms with Crippen LogP contribution in [0.15, 0.2) is 72.8 Å². The van der Waals surface area contributed by atoms with Gasteiger partial charge in [0, 0.05) is 43.8 Å². The first kappa shape index (κ1) is 46.4. The van der Waals surface area contributed by atoms with Crippen molar-refractivity contribution in [3.05, 3.63) is 106 Å². The summed E-state index contributed by atoms with van der Waals surface area (Å²) < 4.78 is 0. The molecular formula is C53H65N5O6. The Kier molecular flexibility index (Phi) is 15.5. The number of hydrogen-bond acceptors (Lipinski definition) is 7. The van der Waals surface area contributed by atoms with Crippen molar-refractivity contribution in [2.75, 3.05) is 20.1 Å². The van der Waals surface area contributed by atoms with E-state index in [0.29, 0.717) is 56.3 Å². The first-order valence-electron chi connectivity index (χ1n) is 23.6. The number of fused-ring (bicyclic) bond motifs is 2. The topological polar surface area (TPSA) is 145 Å². The lowest BCUT2D eigenvalue weighted by Crippen LogP contribution is -2.54. The van der Waals surface area contributed by atoms with Gasteiger partial charge in [0.05, 0.1) is 24.0 Å². The minimum Gasteiger partial charge on any atom is -0.347 e. The van der Waals surface area contributed by atoms with Gasteiger partial charge < -0.3 is 25.8 Å². The van der Waals surface area contributed by atoms with E-state index in [1.807, 2.05) is 56.3 Å². The largest absolute Gasteiger partial charge is 0.347 e. The van der Waals surface area contributed by atoms with Crippen LogP contribution in [0.2, 0.25) is 0 Å². The lowest BCUT2D eigenvalue weighted by molar-refractivity contribution is -0.141. The number of carbonyl (C=O) groups excluding carboxylic acids is 6. The molecular weight excluding hydrogens is 803 g/mol. The van der Waals surface area contributed by atoms with E-state index in [9.17, 15) is 28.8 Å². The van der Waals surface area contributed by atoms with Crippen molar-refractivity contribution >= 4 is 35.2 Å². The number of ketones is 2. The van der Waals surface area contributed by atoms with Crippen molar-refractivity contribution in [2.24, 2.45) is 5.92 Å². The Labute approximate surface area is 378 Å². The Morgan fingerprint density at radius 2 is 1.39 bits per heavy atom. The smallest absolute Gasteiger partial charge is 0.246 e. The van der Waals surface area contributed by atoms with Gasteiger partial charge in [0.25, 0.3) is 0 Å². The van der Waals surface area contributed by atoms with Crippen molar-refractivity contribution < 1.29 is 28.8 Å². The first-order chi connectivity index (χ1) is 30.9. The van der Waals surface area contributed by atoms with Crippen LogP contribution < -0.4 is 16.0 Å². The van der Waals surface area contributed by atoms with Gasteiger partial charge in [-0.05, 0) is 124 Å². The summed E-state index contributed by atoms with van der Waals surface area (Å²) in [6.45, 7) is 6.22. The number of amides is 4. The number of hydrogen-bond donors (Lipinski definition) is 3. The van der Waals surface area contributed by atoms with Crippen LogP contribution in [0.25, 0.3) is 0 Å². The third-order valence-corrected chi connectivity index (χ3v) is 14.0. The number of rotatable bonds is 15. The fourth-order valence-electron chi connectivity index (χ4n) is 10.2. The van der Waals surface area contributed by atoms with E-state index < -0.39 is 30.1 Å². The highest BCUT2D eigenvalue weighted by molar-refractivity contribution is 5.96. The van der Waals surface area contributed by atoms with Crippen LogP contribution in [0.3, 0.4) is 0 Å². The molecule has 338 valence electrons. The number of aryl methyl sites for hydroxylation is 2. The van der Waals surface area contributed by atoms with Crippen molar-refractivity contribution in [1.29, 1.82) is 0 Å². The molecule has 4 aliphatic rings. The molecule has 0 bridgehead atoms. The Bertz CT molecular complexity index is 2280. The second kappa shape index (κ2) is 21.4. The van der Waals surface area contributed by atoms with Gasteiger partial charge >= 0.3 is 0 Å². The van der Waals surface area contributed by atoms with E-state index in [0.717, 1.165) is 44.1 Å². The fraction of sp³-hybridized carbons (Fsp3) is 0.509. The number of benzene rings is 3. The number of Topliss-reactive ketones (excluding diaryl/α,β-unsaturated/α-hetero) is 2. The lowest BCUT2D eigenvalue weighted by Gasteiger charge is -2.31. The minimum absolute atomic E-state index is 0.00286. The highest BCUT2D eigenvalue weighted by Gasteiger charge is 2.41. The van der Waals surface area contributed by atoms with Crippen molar-refractivity contribution in [3.63, 3.8) is 0 Å². The Morgan fingerprint density at radius 1 is 0.734 bits per heavy atom. The maximum atomic E-state index is 14.6. The highest BCUT2D eigenvalue weighted by atomic mass is 16.2. The monoisotopic (exact) mass is 867 g/mol. The van der Waals surface area contributed by atoms with Gasteiger partial charge in [-0.15, -0.1) is 0 Å². The fourth-order valence-corrected chi connectivity index (χ4v) is 10.2. The molecule has 3 N–H and O–H groups in total. The number of nitrogens with one attached hydrogen (secondary N) is 3. The van der Waals surface area contributed by atoms with Crippen LogP contribution in [0.4, 0.5) is 0 Å². The second-order valence-electron chi connectivity index (χ2n) is 18.6. The molecule has 1 unspecified atom stereocenters. The summed E-state index contributed by atoms with van der Waals surface area (Å²) in [7, 11) is 1.68. The molecule has 0 spiro atoms. The number of likely N-dealkylation sites (N-methyl/N-ethyl adjacent to an activating group) is 1. The third kappa shape index (κ3) is 10.8. The summed E-state index contributed by atoms with van der Waals surface area (Å²) in [5.41, 5.74) is 6.11. The van der Waals surface area contributed by atoms with Crippen LogP contribution in [-0.2, 0) is 41.6 Å². The van der Waals surface area contributed by atoms with E-state index in [-0.39, 0.29) is 65.9 Å². The minimum atomic E-state index is -0.985. The van der Waals surface area contributed by atoms with Gasteiger partial charge in [-0.2, -0.15) is 0 Å². The summed E-state index contributed by atoms with van der Waals surface area (Å²) in [6.07, 6.45) is 8.68. The number of nitrogens with zero attached hydrogens (tertiary/aromatic N) is 2. The quantitative estimate of drug-likeness (QED) is 0.149. The molecule has 2 heterocycles. The van der Waals surface area contributed by atoms with Gasteiger partial charge in [-0.1, -0.05) is 86.4 Å². The number of carbonyl (C=O) groups is 6. The van der Waals surface area contributed by atoms with Gasteiger partial charge in [0.15, 0.2) is 5.78 Å². The molecule has 2 aliphatic carbocycles.